The van der Waals surface area contributed by atoms with Gasteiger partial charge in [-0.2, -0.15) is 0 Å². The van der Waals surface area contributed by atoms with Gasteiger partial charge in [-0.3, -0.25) is 0 Å². The van der Waals surface area contributed by atoms with Crippen molar-refractivity contribution < 1.29 is 14.0 Å². The molecule has 0 aliphatic heterocycles. The number of unbranched alkanes of at least 4 members (excludes halogenated alkanes) is 1. The highest BCUT2D eigenvalue weighted by Crippen LogP contribution is 2.42. The molecule has 27 heavy (non-hydrogen) atoms. The largest absolute Gasteiger partial charge is 0.416 e. The Morgan fingerprint density at radius 2 is 1.52 bits per heavy atom. The fraction of sp³-hybridized carbons (Fsp3) is 0.696. The third kappa shape index (κ3) is 7.51. The maximum absolute atomic E-state index is 11.0. The zero-order valence-electron chi connectivity index (χ0n) is 18.2. The fourth-order valence-corrected chi connectivity index (χ4v) is 9.89. The summed E-state index contributed by atoms with van der Waals surface area (Å²) >= 11 is 0. The molecule has 3 nitrogen and oxygen atoms in total. The molecule has 1 aromatic carbocycles. The lowest BCUT2D eigenvalue weighted by Gasteiger charge is -2.42. The van der Waals surface area contributed by atoms with Gasteiger partial charge in [0.25, 0.3) is 0 Å². The second kappa shape index (κ2) is 12.5. The standard InChI is InChI=1S/C23H40O3Si/c1-19(2)27(20(3)4,21(5)6)26-17-11-10-14-23(15-16-24)25-18-22-12-8-7-9-13-22/h7-9,12-13,16,19-21,23H,10-11,14-15,17-18H2,1-6H3/t23-/m1/s1. The van der Waals surface area contributed by atoms with Crippen LogP contribution in [-0.2, 0) is 20.6 Å². The molecule has 154 valence electrons. The Labute approximate surface area is 168 Å². The molecule has 1 rings (SSSR count). The van der Waals surface area contributed by atoms with Crippen LogP contribution in [0.2, 0.25) is 16.6 Å². The number of carbonyl (C=O) groups is 1. The van der Waals surface area contributed by atoms with Crippen LogP contribution < -0.4 is 0 Å². The van der Waals surface area contributed by atoms with E-state index in [2.05, 4.69) is 53.7 Å². The number of ether oxygens (including phenoxy) is 1. The minimum atomic E-state index is -1.77. The minimum Gasteiger partial charge on any atom is -0.416 e. The predicted molar refractivity (Wildman–Crippen MR) is 117 cm³/mol. The van der Waals surface area contributed by atoms with Crippen molar-refractivity contribution in [1.82, 2.24) is 0 Å². The summed E-state index contributed by atoms with van der Waals surface area (Å²) in [6.45, 7) is 15.3. The number of hydrogen-bond acceptors (Lipinski definition) is 3. The molecule has 0 fully saturated rings. The molecule has 0 amide bonds. The highest BCUT2D eigenvalue weighted by molar-refractivity contribution is 6.77. The zero-order valence-corrected chi connectivity index (χ0v) is 19.2. The highest BCUT2D eigenvalue weighted by atomic mass is 28.4. The van der Waals surface area contributed by atoms with Crippen LogP contribution >= 0.6 is 0 Å². The Kier molecular flexibility index (Phi) is 11.1. The summed E-state index contributed by atoms with van der Waals surface area (Å²) in [5.74, 6) is 0. The van der Waals surface area contributed by atoms with E-state index < -0.39 is 8.32 Å². The molecule has 0 spiro atoms. The fourth-order valence-electron chi connectivity index (χ4n) is 4.39. The Morgan fingerprint density at radius 1 is 0.926 bits per heavy atom. The van der Waals surface area contributed by atoms with E-state index in [1.165, 1.54) is 0 Å². The van der Waals surface area contributed by atoms with Crippen LogP contribution in [0.25, 0.3) is 0 Å². The first-order chi connectivity index (χ1) is 12.8. The Hall–Kier alpha value is -0.973. The summed E-state index contributed by atoms with van der Waals surface area (Å²) in [5, 5.41) is 0. The second-order valence-electron chi connectivity index (χ2n) is 8.48. The molecule has 4 heteroatoms. The second-order valence-corrected chi connectivity index (χ2v) is 13.9. The molecule has 0 aliphatic carbocycles. The molecular formula is C23H40O3Si. The van der Waals surface area contributed by atoms with Crippen LogP contribution in [-0.4, -0.2) is 27.3 Å². The molecule has 0 saturated carbocycles. The highest BCUT2D eigenvalue weighted by Gasteiger charge is 2.44. The Morgan fingerprint density at radius 3 is 2.04 bits per heavy atom. The van der Waals surface area contributed by atoms with Gasteiger partial charge in [-0.1, -0.05) is 71.9 Å². The van der Waals surface area contributed by atoms with E-state index in [-0.39, 0.29) is 6.10 Å². The molecule has 0 N–H and O–H groups in total. The lowest BCUT2D eigenvalue weighted by Crippen LogP contribution is -2.47. The van der Waals surface area contributed by atoms with E-state index >= 15 is 0 Å². The van der Waals surface area contributed by atoms with Crippen molar-refractivity contribution in [3.05, 3.63) is 35.9 Å². The van der Waals surface area contributed by atoms with Crippen LogP contribution in [0.15, 0.2) is 30.3 Å². The smallest absolute Gasteiger partial charge is 0.200 e. The summed E-state index contributed by atoms with van der Waals surface area (Å²) in [6.07, 6.45) is 4.42. The predicted octanol–water partition coefficient (Wildman–Crippen LogP) is 6.52. The zero-order chi connectivity index (χ0) is 20.3. The molecule has 0 heterocycles. The molecule has 0 aromatic heterocycles. The molecule has 1 aromatic rings. The van der Waals surface area contributed by atoms with Crippen LogP contribution in [0.5, 0.6) is 0 Å². The van der Waals surface area contributed by atoms with Crippen molar-refractivity contribution in [2.24, 2.45) is 0 Å². The van der Waals surface area contributed by atoms with Gasteiger partial charge in [0, 0.05) is 13.0 Å². The van der Waals surface area contributed by atoms with Crippen LogP contribution in [0.4, 0.5) is 0 Å². The van der Waals surface area contributed by atoms with Crippen molar-refractivity contribution in [3.8, 4) is 0 Å². The molecular weight excluding hydrogens is 352 g/mol. The lowest BCUT2D eigenvalue weighted by molar-refractivity contribution is -0.110. The third-order valence-electron chi connectivity index (χ3n) is 5.67. The van der Waals surface area contributed by atoms with Crippen LogP contribution in [0.1, 0.15) is 72.8 Å². The minimum absolute atomic E-state index is 0.00463. The van der Waals surface area contributed by atoms with E-state index in [1.54, 1.807) is 0 Å². The Bertz CT molecular complexity index is 492. The first kappa shape index (κ1) is 24.1. The summed E-state index contributed by atoms with van der Waals surface area (Å²) in [4.78, 5) is 11.0. The number of hydrogen-bond donors (Lipinski definition) is 0. The lowest BCUT2D eigenvalue weighted by atomic mass is 10.1. The first-order valence-corrected chi connectivity index (χ1v) is 12.7. The maximum atomic E-state index is 11.0. The first-order valence-electron chi connectivity index (χ1n) is 10.6. The molecule has 0 bridgehead atoms. The van der Waals surface area contributed by atoms with Crippen molar-refractivity contribution in [2.75, 3.05) is 6.61 Å². The summed E-state index contributed by atoms with van der Waals surface area (Å²) in [5.41, 5.74) is 3.01. The molecule has 0 unspecified atom stereocenters. The topological polar surface area (TPSA) is 35.5 Å². The quantitative estimate of drug-likeness (QED) is 0.205. The molecule has 1 atom stereocenters. The SMILES string of the molecule is CC(C)[Si](OCCCC[C@H](CC=O)OCc1ccccc1)(C(C)C)C(C)C. The van der Waals surface area contributed by atoms with Gasteiger partial charge in [0.1, 0.15) is 6.29 Å². The number of rotatable bonds is 14. The molecule has 0 saturated heterocycles. The number of benzene rings is 1. The number of aldehydes is 1. The van der Waals surface area contributed by atoms with Gasteiger partial charge in [0.15, 0.2) is 8.32 Å². The van der Waals surface area contributed by atoms with Crippen LogP contribution in [0.3, 0.4) is 0 Å². The van der Waals surface area contributed by atoms with Crippen LogP contribution in [0, 0.1) is 0 Å². The van der Waals surface area contributed by atoms with Gasteiger partial charge < -0.3 is 14.0 Å². The van der Waals surface area contributed by atoms with Gasteiger partial charge in [0.05, 0.1) is 12.7 Å². The average Bonchev–Trinajstić information content (AvgIpc) is 2.62. The maximum Gasteiger partial charge on any atom is 0.200 e. The summed E-state index contributed by atoms with van der Waals surface area (Å²) in [6, 6.07) is 10.1. The van der Waals surface area contributed by atoms with Gasteiger partial charge in [-0.05, 0) is 41.4 Å². The summed E-state index contributed by atoms with van der Waals surface area (Å²) in [7, 11) is -1.77. The van der Waals surface area contributed by atoms with Crippen molar-refractivity contribution in [3.63, 3.8) is 0 Å². The van der Waals surface area contributed by atoms with Crippen molar-refractivity contribution in [2.45, 2.75) is 96.6 Å². The van der Waals surface area contributed by atoms with E-state index in [9.17, 15) is 4.79 Å². The van der Waals surface area contributed by atoms with Gasteiger partial charge >= 0.3 is 0 Å². The molecule has 0 radical (unpaired) electrons. The number of carbonyl (C=O) groups excluding carboxylic acids is 1. The average molecular weight is 393 g/mol. The van der Waals surface area contributed by atoms with E-state index in [4.69, 9.17) is 9.16 Å². The van der Waals surface area contributed by atoms with Crippen molar-refractivity contribution >= 4 is 14.6 Å². The van der Waals surface area contributed by atoms with Gasteiger partial charge in [-0.15, -0.1) is 0 Å². The van der Waals surface area contributed by atoms with E-state index in [1.807, 2.05) is 18.2 Å². The monoisotopic (exact) mass is 392 g/mol. The molecule has 0 aliphatic rings. The van der Waals surface area contributed by atoms with E-state index in [0.29, 0.717) is 29.7 Å². The van der Waals surface area contributed by atoms with E-state index in [0.717, 1.165) is 37.7 Å². The van der Waals surface area contributed by atoms with Gasteiger partial charge in [0.2, 0.25) is 0 Å². The normalized spacial score (nSPS) is 13.5. The van der Waals surface area contributed by atoms with Crippen molar-refractivity contribution in [1.29, 1.82) is 0 Å². The third-order valence-corrected chi connectivity index (χ3v) is 11.8. The summed E-state index contributed by atoms with van der Waals surface area (Å²) < 4.78 is 12.6. The van der Waals surface area contributed by atoms with Gasteiger partial charge in [-0.25, -0.2) is 0 Å². The Balaban J connectivity index is 2.43.